The van der Waals surface area contributed by atoms with Crippen molar-refractivity contribution in [3.8, 4) is 0 Å². The van der Waals surface area contributed by atoms with Crippen molar-refractivity contribution in [1.29, 1.82) is 0 Å². The van der Waals surface area contributed by atoms with Crippen molar-refractivity contribution in [2.24, 2.45) is 0 Å². The van der Waals surface area contributed by atoms with Crippen molar-refractivity contribution in [1.82, 2.24) is 5.32 Å². The highest BCUT2D eigenvalue weighted by molar-refractivity contribution is 9.10. The molecule has 0 spiro atoms. The Morgan fingerprint density at radius 2 is 2.32 bits per heavy atom. The maximum Gasteiger partial charge on any atom is 0.0750 e. The first-order valence-corrected chi connectivity index (χ1v) is 7.83. The van der Waals surface area contributed by atoms with Crippen LogP contribution in [-0.2, 0) is 11.3 Å². The molecular weight excluding hydrogens is 304 g/mol. The Labute approximate surface area is 124 Å². The molecule has 2 rings (SSSR count). The Kier molecular flexibility index (Phi) is 5.67. The minimum Gasteiger partial charge on any atom is -0.377 e. The van der Waals surface area contributed by atoms with Crippen LogP contribution < -0.4 is 10.2 Å². The minimum absolute atomic E-state index is 0.377. The van der Waals surface area contributed by atoms with Crippen LogP contribution in [0, 0.1) is 0 Å². The van der Waals surface area contributed by atoms with Gasteiger partial charge in [-0.15, -0.1) is 0 Å². The lowest BCUT2D eigenvalue weighted by Crippen LogP contribution is -2.39. The molecule has 0 amide bonds. The molecule has 0 bridgehead atoms. The van der Waals surface area contributed by atoms with Gasteiger partial charge in [-0.3, -0.25) is 0 Å². The molecule has 0 radical (unpaired) electrons. The van der Waals surface area contributed by atoms with Crippen molar-refractivity contribution in [3.05, 3.63) is 28.2 Å². The predicted molar refractivity (Wildman–Crippen MR) is 83.8 cm³/mol. The Morgan fingerprint density at radius 3 is 3.00 bits per heavy atom. The smallest absolute Gasteiger partial charge is 0.0750 e. The monoisotopic (exact) mass is 326 g/mol. The van der Waals surface area contributed by atoms with E-state index in [0.717, 1.165) is 26.2 Å². The van der Waals surface area contributed by atoms with E-state index in [1.54, 1.807) is 0 Å². The van der Waals surface area contributed by atoms with Gasteiger partial charge in [-0.1, -0.05) is 6.07 Å². The highest BCUT2D eigenvalue weighted by Crippen LogP contribution is 2.30. The number of nitrogens with one attached hydrogen (secondary N) is 1. The summed E-state index contributed by atoms with van der Waals surface area (Å²) in [4.78, 5) is 2.43. The van der Waals surface area contributed by atoms with E-state index in [-0.39, 0.29) is 0 Å². The third-order valence-electron chi connectivity index (χ3n) is 3.51. The first-order valence-electron chi connectivity index (χ1n) is 7.04. The van der Waals surface area contributed by atoms with E-state index >= 15 is 0 Å². The van der Waals surface area contributed by atoms with Crippen molar-refractivity contribution >= 4 is 21.6 Å². The van der Waals surface area contributed by atoms with Crippen LogP contribution in [0.5, 0.6) is 0 Å². The van der Waals surface area contributed by atoms with Gasteiger partial charge in [0.05, 0.1) is 11.8 Å². The number of piperidine rings is 1. The molecule has 1 heterocycles. The second-order valence-corrected chi connectivity index (χ2v) is 5.84. The van der Waals surface area contributed by atoms with Crippen LogP contribution in [-0.4, -0.2) is 32.8 Å². The van der Waals surface area contributed by atoms with Gasteiger partial charge in [0, 0.05) is 30.7 Å². The van der Waals surface area contributed by atoms with Gasteiger partial charge in [-0.25, -0.2) is 0 Å². The lowest BCUT2D eigenvalue weighted by atomic mass is 10.1. The second-order valence-electron chi connectivity index (χ2n) is 4.98. The second kappa shape index (κ2) is 7.27. The molecule has 0 aliphatic carbocycles. The normalized spacial score (nSPS) is 19.7. The van der Waals surface area contributed by atoms with E-state index in [2.05, 4.69) is 51.3 Å². The Morgan fingerprint density at radius 1 is 1.47 bits per heavy atom. The number of hydrogen-bond donors (Lipinski definition) is 1. The van der Waals surface area contributed by atoms with E-state index in [0.29, 0.717) is 6.10 Å². The maximum absolute atomic E-state index is 5.77. The van der Waals surface area contributed by atoms with Gasteiger partial charge in [0.2, 0.25) is 0 Å². The largest absolute Gasteiger partial charge is 0.377 e. The summed E-state index contributed by atoms with van der Waals surface area (Å²) in [5.74, 6) is 0. The van der Waals surface area contributed by atoms with E-state index in [1.165, 1.54) is 28.6 Å². The summed E-state index contributed by atoms with van der Waals surface area (Å²) >= 11 is 3.70. The molecule has 106 valence electrons. The average molecular weight is 327 g/mol. The van der Waals surface area contributed by atoms with Gasteiger partial charge in [0.1, 0.15) is 0 Å². The topological polar surface area (TPSA) is 24.5 Å². The van der Waals surface area contributed by atoms with Crippen LogP contribution in [0.2, 0.25) is 0 Å². The zero-order valence-electron chi connectivity index (χ0n) is 11.8. The molecule has 1 aromatic carbocycles. The number of nitrogens with zero attached hydrogens (tertiary/aromatic N) is 1. The van der Waals surface area contributed by atoms with Crippen molar-refractivity contribution < 1.29 is 4.74 Å². The van der Waals surface area contributed by atoms with Gasteiger partial charge in [-0.2, -0.15) is 0 Å². The fraction of sp³-hybridized carbons (Fsp3) is 0.600. The van der Waals surface area contributed by atoms with Gasteiger partial charge >= 0.3 is 0 Å². The Bertz CT molecular complexity index is 409. The molecule has 0 saturated carbocycles. The fourth-order valence-corrected chi connectivity index (χ4v) is 3.33. The van der Waals surface area contributed by atoms with E-state index in [9.17, 15) is 0 Å². The molecule has 1 saturated heterocycles. The first-order chi connectivity index (χ1) is 9.24. The van der Waals surface area contributed by atoms with Crippen LogP contribution in [0.4, 0.5) is 5.69 Å². The number of benzene rings is 1. The van der Waals surface area contributed by atoms with Gasteiger partial charge in [0.15, 0.2) is 0 Å². The van der Waals surface area contributed by atoms with Crippen molar-refractivity contribution in [3.63, 3.8) is 0 Å². The molecule has 1 aromatic rings. The molecule has 19 heavy (non-hydrogen) atoms. The highest BCUT2D eigenvalue weighted by atomic mass is 79.9. The fourth-order valence-electron chi connectivity index (χ4n) is 2.65. The summed E-state index contributed by atoms with van der Waals surface area (Å²) in [6.07, 6.45) is 2.76. The summed E-state index contributed by atoms with van der Waals surface area (Å²) in [5.41, 5.74) is 2.58. The molecule has 1 aliphatic rings. The Balaban J connectivity index is 2.08. The number of rotatable bonds is 5. The van der Waals surface area contributed by atoms with Crippen LogP contribution >= 0.6 is 15.9 Å². The zero-order valence-corrected chi connectivity index (χ0v) is 13.4. The quantitative estimate of drug-likeness (QED) is 0.899. The standard InChI is InChI=1S/C15H23BrN2O/c1-3-19-13-5-4-8-18(11-13)15-7-6-12(10-17-2)9-14(15)16/h6-7,9,13,17H,3-5,8,10-11H2,1-2H3. The molecule has 4 heteroatoms. The van der Waals surface area contributed by atoms with Crippen molar-refractivity contribution in [2.75, 3.05) is 31.6 Å². The van der Waals surface area contributed by atoms with Gasteiger partial charge in [0.25, 0.3) is 0 Å². The third kappa shape index (κ3) is 3.94. The summed E-state index contributed by atoms with van der Waals surface area (Å²) in [7, 11) is 1.97. The number of ether oxygens (including phenoxy) is 1. The molecule has 3 nitrogen and oxygen atoms in total. The van der Waals surface area contributed by atoms with Crippen LogP contribution in [0.3, 0.4) is 0 Å². The SMILES string of the molecule is CCOC1CCCN(c2ccc(CNC)cc2Br)C1. The van der Waals surface area contributed by atoms with E-state index in [1.807, 2.05) is 7.05 Å². The molecule has 1 fully saturated rings. The number of anilines is 1. The van der Waals surface area contributed by atoms with E-state index < -0.39 is 0 Å². The van der Waals surface area contributed by atoms with E-state index in [4.69, 9.17) is 4.74 Å². The molecule has 1 aliphatic heterocycles. The van der Waals surface area contributed by atoms with Crippen LogP contribution in [0.1, 0.15) is 25.3 Å². The van der Waals surface area contributed by atoms with Crippen LogP contribution in [0.15, 0.2) is 22.7 Å². The number of halogens is 1. The van der Waals surface area contributed by atoms with Gasteiger partial charge < -0.3 is 15.0 Å². The Hall–Kier alpha value is -0.580. The molecule has 1 atom stereocenters. The first kappa shape index (κ1) is 14.8. The maximum atomic E-state index is 5.77. The van der Waals surface area contributed by atoms with Gasteiger partial charge in [-0.05, 0) is 60.4 Å². The summed E-state index contributed by atoms with van der Waals surface area (Å²) in [6, 6.07) is 6.61. The highest BCUT2D eigenvalue weighted by Gasteiger charge is 2.21. The average Bonchev–Trinajstić information content (AvgIpc) is 2.40. The molecule has 1 N–H and O–H groups in total. The molecule has 1 unspecified atom stereocenters. The van der Waals surface area contributed by atoms with Crippen molar-refractivity contribution in [2.45, 2.75) is 32.4 Å². The third-order valence-corrected chi connectivity index (χ3v) is 4.15. The zero-order chi connectivity index (χ0) is 13.7. The lowest BCUT2D eigenvalue weighted by molar-refractivity contribution is 0.0526. The summed E-state index contributed by atoms with van der Waals surface area (Å²) in [6.45, 7) is 5.90. The molecule has 0 aromatic heterocycles. The minimum atomic E-state index is 0.377. The molecular formula is C15H23BrN2O. The summed E-state index contributed by atoms with van der Waals surface area (Å²) in [5, 5.41) is 3.18. The predicted octanol–water partition coefficient (Wildman–Crippen LogP) is 3.17. The number of hydrogen-bond acceptors (Lipinski definition) is 3. The van der Waals surface area contributed by atoms with Crippen LogP contribution in [0.25, 0.3) is 0 Å². The summed E-state index contributed by atoms with van der Waals surface area (Å²) < 4.78 is 6.95. The lowest BCUT2D eigenvalue weighted by Gasteiger charge is -2.34.